The summed E-state index contributed by atoms with van der Waals surface area (Å²) in [6, 6.07) is 12.5. The third kappa shape index (κ3) is 6.37. The molecule has 1 unspecified atom stereocenters. The van der Waals surface area contributed by atoms with Crippen LogP contribution >= 0.6 is 0 Å². The molecule has 0 aliphatic heterocycles. The minimum Gasteiger partial charge on any atom is -0.454 e. The van der Waals surface area contributed by atoms with Crippen molar-refractivity contribution in [1.29, 1.82) is 5.26 Å². The lowest BCUT2D eigenvalue weighted by Gasteiger charge is -2.20. The number of hydrogen-bond acceptors (Lipinski definition) is 7. The van der Waals surface area contributed by atoms with Crippen LogP contribution in [-0.2, 0) is 14.3 Å². The van der Waals surface area contributed by atoms with Gasteiger partial charge in [0.15, 0.2) is 6.61 Å². The van der Waals surface area contributed by atoms with Gasteiger partial charge in [-0.25, -0.2) is 4.79 Å². The van der Waals surface area contributed by atoms with Gasteiger partial charge in [-0.1, -0.05) is 32.0 Å². The van der Waals surface area contributed by atoms with Crippen molar-refractivity contribution >= 4 is 29.2 Å². The van der Waals surface area contributed by atoms with Crippen molar-refractivity contribution in [2.45, 2.75) is 19.9 Å². The van der Waals surface area contributed by atoms with Crippen LogP contribution in [-0.4, -0.2) is 35.4 Å². The summed E-state index contributed by atoms with van der Waals surface area (Å²) in [5.74, 6) is -2.29. The highest BCUT2D eigenvalue weighted by atomic mass is 16.6. The molecule has 0 fully saturated rings. The zero-order valence-electron chi connectivity index (χ0n) is 16.8. The van der Waals surface area contributed by atoms with Gasteiger partial charge >= 0.3 is 5.97 Å². The van der Waals surface area contributed by atoms with Crippen LogP contribution < -0.4 is 10.6 Å². The molecule has 2 aromatic rings. The second kappa shape index (κ2) is 10.5. The van der Waals surface area contributed by atoms with E-state index in [9.17, 15) is 24.5 Å². The van der Waals surface area contributed by atoms with Gasteiger partial charge in [-0.15, -0.1) is 0 Å². The molecule has 2 aromatic carbocycles. The lowest BCUT2D eigenvalue weighted by Crippen LogP contribution is -2.45. The number of nitrogens with one attached hydrogen (secondary N) is 2. The summed E-state index contributed by atoms with van der Waals surface area (Å²) in [5.41, 5.74) is 0.0202. The van der Waals surface area contributed by atoms with E-state index in [1.807, 2.05) is 0 Å². The largest absolute Gasteiger partial charge is 0.454 e. The molecule has 0 spiro atoms. The average Bonchev–Trinajstić information content (AvgIpc) is 2.76. The molecule has 10 nitrogen and oxygen atoms in total. The molecular formula is C21H20N4O6. The van der Waals surface area contributed by atoms with Crippen LogP contribution in [0.5, 0.6) is 0 Å². The topological polar surface area (TPSA) is 151 Å². The van der Waals surface area contributed by atoms with Gasteiger partial charge in [0.05, 0.1) is 16.2 Å². The predicted molar refractivity (Wildman–Crippen MR) is 110 cm³/mol. The number of non-ortho nitro benzene ring substituents is 1. The maximum Gasteiger partial charge on any atom is 0.329 e. The van der Waals surface area contributed by atoms with Gasteiger partial charge in [0, 0.05) is 17.7 Å². The molecule has 0 aliphatic rings. The summed E-state index contributed by atoms with van der Waals surface area (Å²) < 4.78 is 5.01. The number of nitriles is 1. The van der Waals surface area contributed by atoms with E-state index < -0.39 is 35.4 Å². The van der Waals surface area contributed by atoms with Crippen LogP contribution in [0.3, 0.4) is 0 Å². The summed E-state index contributed by atoms with van der Waals surface area (Å²) in [5, 5.41) is 24.9. The summed E-state index contributed by atoms with van der Waals surface area (Å²) in [4.78, 5) is 47.0. The summed E-state index contributed by atoms with van der Waals surface area (Å²) >= 11 is 0. The standard InChI is InChI=1S/C21H20N4O6/c1-13(2)19(24-20(27)14-6-4-3-5-7-14)21(28)31-12-18(26)23-17-9-8-16(25(29)30)10-15(17)11-22/h3-10,13,19H,12H2,1-2H3,(H,23,26)(H,24,27). The molecule has 31 heavy (non-hydrogen) atoms. The Morgan fingerprint density at radius 1 is 1.16 bits per heavy atom. The van der Waals surface area contributed by atoms with E-state index in [-0.39, 0.29) is 22.9 Å². The Morgan fingerprint density at radius 3 is 2.42 bits per heavy atom. The molecule has 2 amide bonds. The molecule has 0 aromatic heterocycles. The number of rotatable bonds is 8. The zero-order valence-corrected chi connectivity index (χ0v) is 16.8. The number of esters is 1. The lowest BCUT2D eigenvalue weighted by atomic mass is 10.0. The highest BCUT2D eigenvalue weighted by molar-refractivity contribution is 5.97. The minimum atomic E-state index is -0.977. The van der Waals surface area contributed by atoms with Gasteiger partial charge < -0.3 is 15.4 Å². The number of nitrogens with zero attached hydrogens (tertiary/aromatic N) is 2. The van der Waals surface area contributed by atoms with E-state index in [4.69, 9.17) is 10.00 Å². The van der Waals surface area contributed by atoms with E-state index in [1.54, 1.807) is 50.2 Å². The third-order valence-electron chi connectivity index (χ3n) is 4.20. The second-order valence-corrected chi connectivity index (χ2v) is 6.82. The molecule has 10 heteroatoms. The molecule has 160 valence electrons. The zero-order chi connectivity index (χ0) is 23.0. The fraction of sp³-hybridized carbons (Fsp3) is 0.238. The highest BCUT2D eigenvalue weighted by Gasteiger charge is 2.27. The smallest absolute Gasteiger partial charge is 0.329 e. The first kappa shape index (κ1) is 23.0. The Labute approximate surface area is 178 Å². The van der Waals surface area contributed by atoms with Crippen LogP contribution in [0.4, 0.5) is 11.4 Å². The molecule has 0 heterocycles. The van der Waals surface area contributed by atoms with Crippen molar-refractivity contribution < 1.29 is 24.0 Å². The number of hydrogen-bond donors (Lipinski definition) is 2. The van der Waals surface area contributed by atoms with E-state index >= 15 is 0 Å². The van der Waals surface area contributed by atoms with E-state index in [2.05, 4.69) is 10.6 Å². The number of carbonyl (C=O) groups excluding carboxylic acids is 3. The van der Waals surface area contributed by atoms with Crippen LogP contribution in [0.25, 0.3) is 0 Å². The van der Waals surface area contributed by atoms with Crippen molar-refractivity contribution in [2.75, 3.05) is 11.9 Å². The summed E-state index contributed by atoms with van der Waals surface area (Å²) in [6.07, 6.45) is 0. The Bertz CT molecular complexity index is 1030. The number of amides is 2. The van der Waals surface area contributed by atoms with Crippen molar-refractivity contribution in [1.82, 2.24) is 5.32 Å². The molecule has 0 radical (unpaired) electrons. The molecule has 0 aliphatic carbocycles. The quantitative estimate of drug-likeness (QED) is 0.375. The van der Waals surface area contributed by atoms with Crippen molar-refractivity contribution in [3.63, 3.8) is 0 Å². The number of nitro benzene ring substituents is 1. The van der Waals surface area contributed by atoms with Gasteiger partial charge in [-0.2, -0.15) is 5.26 Å². The second-order valence-electron chi connectivity index (χ2n) is 6.82. The summed E-state index contributed by atoms with van der Waals surface area (Å²) in [6.45, 7) is 2.77. The predicted octanol–water partition coefficient (Wildman–Crippen LogP) is 2.40. The Morgan fingerprint density at radius 2 is 1.84 bits per heavy atom. The fourth-order valence-electron chi connectivity index (χ4n) is 2.57. The van der Waals surface area contributed by atoms with Crippen molar-refractivity contribution in [2.24, 2.45) is 5.92 Å². The van der Waals surface area contributed by atoms with Crippen LogP contribution in [0.15, 0.2) is 48.5 Å². The molecule has 0 bridgehead atoms. The molecule has 0 saturated carbocycles. The maximum absolute atomic E-state index is 12.4. The van der Waals surface area contributed by atoms with Crippen LogP contribution in [0.1, 0.15) is 29.8 Å². The van der Waals surface area contributed by atoms with Gasteiger partial charge in [0.2, 0.25) is 0 Å². The first-order valence-corrected chi connectivity index (χ1v) is 9.24. The molecule has 2 N–H and O–H groups in total. The third-order valence-corrected chi connectivity index (χ3v) is 4.20. The van der Waals surface area contributed by atoms with Gasteiger partial charge in [0.25, 0.3) is 17.5 Å². The first-order valence-electron chi connectivity index (χ1n) is 9.24. The van der Waals surface area contributed by atoms with E-state index in [1.165, 1.54) is 6.07 Å². The summed E-state index contributed by atoms with van der Waals surface area (Å²) in [7, 11) is 0. The fourth-order valence-corrected chi connectivity index (χ4v) is 2.57. The first-order chi connectivity index (χ1) is 14.7. The average molecular weight is 424 g/mol. The van der Waals surface area contributed by atoms with Gasteiger partial charge in [0.1, 0.15) is 12.1 Å². The van der Waals surface area contributed by atoms with Gasteiger partial charge in [-0.05, 0) is 24.1 Å². The number of carbonyl (C=O) groups is 3. The number of ether oxygens (including phenoxy) is 1. The SMILES string of the molecule is CC(C)C(NC(=O)c1ccccc1)C(=O)OCC(=O)Nc1ccc([N+](=O)[O-])cc1C#N. The van der Waals surface area contributed by atoms with Gasteiger partial charge in [-0.3, -0.25) is 19.7 Å². The Hall–Kier alpha value is -4.26. The van der Waals surface area contributed by atoms with Crippen LogP contribution in [0.2, 0.25) is 0 Å². The molecular weight excluding hydrogens is 404 g/mol. The number of benzene rings is 2. The maximum atomic E-state index is 12.4. The van der Waals surface area contributed by atoms with Crippen molar-refractivity contribution in [3.05, 3.63) is 69.8 Å². The van der Waals surface area contributed by atoms with Crippen molar-refractivity contribution in [3.8, 4) is 6.07 Å². The lowest BCUT2D eigenvalue weighted by molar-refractivity contribution is -0.384. The Balaban J connectivity index is 1.98. The highest BCUT2D eigenvalue weighted by Crippen LogP contribution is 2.21. The molecule has 0 saturated heterocycles. The van der Waals surface area contributed by atoms with E-state index in [0.717, 1.165) is 12.1 Å². The molecule has 2 rings (SSSR count). The monoisotopic (exact) mass is 424 g/mol. The Kier molecular flexibility index (Phi) is 7.80. The van der Waals surface area contributed by atoms with E-state index in [0.29, 0.717) is 5.56 Å². The normalized spacial score (nSPS) is 11.2. The molecule has 1 atom stereocenters. The van der Waals surface area contributed by atoms with Crippen LogP contribution in [0, 0.1) is 27.4 Å². The number of anilines is 1. The minimum absolute atomic E-state index is 0.0481. The number of nitro groups is 1.